The number of hydrogen-bond donors (Lipinski definition) is 1. The van der Waals surface area contributed by atoms with Gasteiger partial charge in [-0.1, -0.05) is 47.6 Å². The van der Waals surface area contributed by atoms with Crippen LogP contribution in [-0.2, 0) is 17.9 Å². The normalized spacial score (nSPS) is 17.9. The summed E-state index contributed by atoms with van der Waals surface area (Å²) < 4.78 is 46.1. The van der Waals surface area contributed by atoms with Crippen molar-refractivity contribution in [1.29, 1.82) is 0 Å². The maximum Gasteiger partial charge on any atom is 0.406 e. The molecule has 2 heterocycles. The Balaban J connectivity index is 1.32. The Bertz CT molecular complexity index is 1310. The summed E-state index contributed by atoms with van der Waals surface area (Å²) in [5.74, 6) is 0.173. The zero-order valence-corrected chi connectivity index (χ0v) is 17.8. The molecule has 1 aliphatic carbocycles. The molecular weight excluding hydrogens is 433 g/mol. The number of rotatable bonds is 6. The SMILES string of the molecule is Cc1cccc2c1cc(-c1noc(CNC(=O)[C@@H]3C[C@H]3c3ccccc3)n1)n2CC(F)(F)F. The molecule has 0 saturated heterocycles. The first-order valence-electron chi connectivity index (χ1n) is 10.6. The molecule has 0 bridgehead atoms. The van der Waals surface area contributed by atoms with Crippen molar-refractivity contribution in [3.8, 4) is 11.5 Å². The van der Waals surface area contributed by atoms with Crippen LogP contribution >= 0.6 is 0 Å². The molecule has 1 amide bonds. The first-order valence-corrected chi connectivity index (χ1v) is 10.6. The molecule has 2 atom stereocenters. The summed E-state index contributed by atoms with van der Waals surface area (Å²) >= 11 is 0. The Hall–Kier alpha value is -3.62. The summed E-state index contributed by atoms with van der Waals surface area (Å²) in [6.45, 7) is 0.683. The predicted octanol–water partition coefficient (Wildman–Crippen LogP) is 4.98. The van der Waals surface area contributed by atoms with Crippen molar-refractivity contribution in [2.45, 2.75) is 38.5 Å². The second-order valence-corrected chi connectivity index (χ2v) is 8.33. The summed E-state index contributed by atoms with van der Waals surface area (Å²) in [4.78, 5) is 16.7. The van der Waals surface area contributed by atoms with Crippen molar-refractivity contribution >= 4 is 16.8 Å². The van der Waals surface area contributed by atoms with Gasteiger partial charge in [-0.2, -0.15) is 18.2 Å². The van der Waals surface area contributed by atoms with Gasteiger partial charge in [-0.25, -0.2) is 0 Å². The number of aryl methyl sites for hydroxylation is 1. The highest BCUT2D eigenvalue weighted by atomic mass is 19.4. The molecule has 0 spiro atoms. The summed E-state index contributed by atoms with van der Waals surface area (Å²) in [6.07, 6.45) is -3.63. The standard InChI is InChI=1S/C24H21F3N4O2/c1-14-6-5-9-19-16(14)11-20(31(19)13-24(25,26)27)22-29-21(33-30-22)12-28-23(32)18-10-17(18)15-7-3-2-4-8-15/h2-9,11,17-18H,10,12-13H2,1H3,(H,28,32)/t17-,18+/m0/s1. The highest BCUT2D eigenvalue weighted by Crippen LogP contribution is 2.47. The van der Waals surface area contributed by atoms with Crippen LogP contribution < -0.4 is 5.32 Å². The van der Waals surface area contributed by atoms with E-state index in [1.165, 1.54) is 0 Å². The molecule has 5 rings (SSSR count). The van der Waals surface area contributed by atoms with Gasteiger partial charge >= 0.3 is 6.18 Å². The van der Waals surface area contributed by atoms with Crippen LogP contribution in [0.2, 0.25) is 0 Å². The van der Waals surface area contributed by atoms with Crippen LogP contribution in [0.5, 0.6) is 0 Å². The van der Waals surface area contributed by atoms with Gasteiger partial charge in [0.05, 0.1) is 12.2 Å². The van der Waals surface area contributed by atoms with E-state index in [1.54, 1.807) is 18.2 Å². The Morgan fingerprint density at radius 1 is 1.18 bits per heavy atom. The van der Waals surface area contributed by atoms with Gasteiger partial charge in [0.1, 0.15) is 6.54 Å². The minimum absolute atomic E-state index is 0.0162. The first kappa shape index (κ1) is 21.2. The Labute approximate surface area is 187 Å². The maximum atomic E-state index is 13.3. The predicted molar refractivity (Wildman–Crippen MR) is 115 cm³/mol. The zero-order valence-electron chi connectivity index (χ0n) is 17.8. The third-order valence-electron chi connectivity index (χ3n) is 5.97. The Kier molecular flexibility index (Phi) is 5.19. The molecule has 0 radical (unpaired) electrons. The minimum atomic E-state index is -4.41. The number of amides is 1. The van der Waals surface area contributed by atoms with Gasteiger partial charge in [-0.05, 0) is 42.5 Å². The lowest BCUT2D eigenvalue weighted by Crippen LogP contribution is -2.25. The van der Waals surface area contributed by atoms with E-state index in [2.05, 4.69) is 15.5 Å². The second kappa shape index (κ2) is 8.06. The fraction of sp³-hybridized carbons (Fsp3) is 0.292. The lowest BCUT2D eigenvalue weighted by Gasteiger charge is -2.11. The Morgan fingerprint density at radius 2 is 1.97 bits per heavy atom. The highest BCUT2D eigenvalue weighted by Gasteiger charge is 2.43. The third kappa shape index (κ3) is 4.35. The van der Waals surface area contributed by atoms with Crippen LogP contribution in [0.15, 0.2) is 59.1 Å². The molecular formula is C24H21F3N4O2. The number of fused-ring (bicyclic) bond motifs is 1. The van der Waals surface area contributed by atoms with Gasteiger partial charge in [0.15, 0.2) is 0 Å². The fourth-order valence-electron chi connectivity index (χ4n) is 4.25. The van der Waals surface area contributed by atoms with Crippen molar-refractivity contribution in [3.05, 3.63) is 71.6 Å². The van der Waals surface area contributed by atoms with Crippen LogP contribution in [0.1, 0.15) is 29.4 Å². The van der Waals surface area contributed by atoms with Gasteiger partial charge < -0.3 is 14.4 Å². The lowest BCUT2D eigenvalue weighted by molar-refractivity contribution is -0.139. The quantitative estimate of drug-likeness (QED) is 0.446. The first-order chi connectivity index (χ1) is 15.8. The van der Waals surface area contributed by atoms with Crippen molar-refractivity contribution < 1.29 is 22.5 Å². The van der Waals surface area contributed by atoms with Crippen molar-refractivity contribution in [1.82, 2.24) is 20.0 Å². The molecule has 1 aliphatic rings. The number of aromatic nitrogens is 3. The molecule has 1 fully saturated rings. The average molecular weight is 454 g/mol. The van der Waals surface area contributed by atoms with Crippen LogP contribution in [0.25, 0.3) is 22.4 Å². The molecule has 1 saturated carbocycles. The summed E-state index contributed by atoms with van der Waals surface area (Å²) in [5, 5.41) is 7.36. The number of carbonyl (C=O) groups is 1. The molecule has 0 unspecified atom stereocenters. The smallest absolute Gasteiger partial charge is 0.347 e. The molecule has 4 aromatic rings. The molecule has 0 aliphatic heterocycles. The minimum Gasteiger partial charge on any atom is -0.347 e. The number of halogens is 3. The van der Waals surface area contributed by atoms with E-state index >= 15 is 0 Å². The van der Waals surface area contributed by atoms with E-state index < -0.39 is 12.7 Å². The van der Waals surface area contributed by atoms with Crippen LogP contribution in [0, 0.1) is 12.8 Å². The summed E-state index contributed by atoms with van der Waals surface area (Å²) in [7, 11) is 0. The van der Waals surface area contributed by atoms with Gasteiger partial charge in [0.25, 0.3) is 0 Å². The molecule has 33 heavy (non-hydrogen) atoms. The van der Waals surface area contributed by atoms with Gasteiger partial charge in [-0.15, -0.1) is 0 Å². The monoisotopic (exact) mass is 454 g/mol. The third-order valence-corrected chi connectivity index (χ3v) is 5.97. The topological polar surface area (TPSA) is 73.0 Å². The van der Waals surface area contributed by atoms with E-state index in [4.69, 9.17) is 4.52 Å². The number of alkyl halides is 3. The van der Waals surface area contributed by atoms with Crippen LogP contribution in [0.3, 0.4) is 0 Å². The maximum absolute atomic E-state index is 13.3. The highest BCUT2D eigenvalue weighted by molar-refractivity contribution is 5.88. The van der Waals surface area contributed by atoms with E-state index in [0.29, 0.717) is 10.9 Å². The molecule has 2 aromatic carbocycles. The summed E-state index contributed by atoms with van der Waals surface area (Å²) in [5.41, 5.74) is 2.64. The number of nitrogens with zero attached hydrogens (tertiary/aromatic N) is 3. The number of hydrogen-bond acceptors (Lipinski definition) is 4. The van der Waals surface area contributed by atoms with Crippen LogP contribution in [-0.4, -0.2) is 26.8 Å². The number of nitrogens with one attached hydrogen (secondary N) is 1. The zero-order chi connectivity index (χ0) is 23.2. The van der Waals surface area contributed by atoms with Gasteiger partial charge in [0.2, 0.25) is 17.6 Å². The van der Waals surface area contributed by atoms with Crippen molar-refractivity contribution in [2.24, 2.45) is 5.92 Å². The van der Waals surface area contributed by atoms with Crippen LogP contribution in [0.4, 0.5) is 13.2 Å². The number of benzene rings is 2. The molecule has 2 aromatic heterocycles. The summed E-state index contributed by atoms with van der Waals surface area (Å²) in [6, 6.07) is 16.7. The largest absolute Gasteiger partial charge is 0.406 e. The van der Waals surface area contributed by atoms with E-state index in [-0.39, 0.29) is 41.7 Å². The van der Waals surface area contributed by atoms with E-state index in [1.807, 2.05) is 43.3 Å². The fourth-order valence-corrected chi connectivity index (χ4v) is 4.25. The second-order valence-electron chi connectivity index (χ2n) is 8.33. The molecule has 6 nitrogen and oxygen atoms in total. The van der Waals surface area contributed by atoms with Gasteiger partial charge in [-0.3, -0.25) is 4.79 Å². The molecule has 170 valence electrons. The molecule has 9 heteroatoms. The van der Waals surface area contributed by atoms with E-state index in [0.717, 1.165) is 22.1 Å². The van der Waals surface area contributed by atoms with E-state index in [9.17, 15) is 18.0 Å². The Morgan fingerprint density at radius 3 is 2.73 bits per heavy atom. The number of carbonyl (C=O) groups excluding carboxylic acids is 1. The molecule has 1 N–H and O–H groups in total. The van der Waals surface area contributed by atoms with Crippen molar-refractivity contribution in [2.75, 3.05) is 0 Å². The van der Waals surface area contributed by atoms with Crippen molar-refractivity contribution in [3.63, 3.8) is 0 Å². The lowest BCUT2D eigenvalue weighted by atomic mass is 10.1. The van der Waals surface area contributed by atoms with Gasteiger partial charge in [0, 0.05) is 16.8 Å². The average Bonchev–Trinajstić information content (AvgIpc) is 3.32.